The number of amides is 1. The molecule has 0 radical (unpaired) electrons. The van der Waals surface area contributed by atoms with Crippen LogP contribution in [0.3, 0.4) is 0 Å². The number of carbonyl (C=O) groups excluding carboxylic acids is 1. The summed E-state index contributed by atoms with van der Waals surface area (Å²) in [4.78, 5) is 11.0. The van der Waals surface area contributed by atoms with Gasteiger partial charge in [0.2, 0.25) is 0 Å². The fourth-order valence-electron chi connectivity index (χ4n) is 0.742. The van der Waals surface area contributed by atoms with Gasteiger partial charge in [-0.25, -0.2) is 0 Å². The van der Waals surface area contributed by atoms with E-state index in [1.54, 1.807) is 0 Å². The van der Waals surface area contributed by atoms with Crippen molar-refractivity contribution in [2.45, 2.75) is 0 Å². The summed E-state index contributed by atoms with van der Waals surface area (Å²) >= 11 is 5.45. The van der Waals surface area contributed by atoms with Crippen LogP contribution in [0.25, 0.3) is 0 Å². The zero-order valence-electron chi connectivity index (χ0n) is 6.37. The molecule has 64 valence electrons. The molecule has 12 heavy (non-hydrogen) atoms. The third-order valence-electron chi connectivity index (χ3n) is 1.36. The van der Waals surface area contributed by atoms with E-state index >= 15 is 0 Å². The van der Waals surface area contributed by atoms with E-state index in [-0.39, 0.29) is 16.6 Å². The van der Waals surface area contributed by atoms with Gasteiger partial charge < -0.3 is 10.5 Å². The van der Waals surface area contributed by atoms with Gasteiger partial charge in [-0.2, -0.15) is 4.73 Å². The molecule has 0 atom stereocenters. The van der Waals surface area contributed by atoms with E-state index in [1.807, 2.05) is 0 Å². The quantitative estimate of drug-likeness (QED) is 0.391. The van der Waals surface area contributed by atoms with Gasteiger partial charge in [-0.1, -0.05) is 0 Å². The molecule has 0 aliphatic heterocycles. The number of aromatic nitrogens is 1. The molecule has 5 heteroatoms. The summed E-state index contributed by atoms with van der Waals surface area (Å²) in [5.41, 5.74) is 0.289. The summed E-state index contributed by atoms with van der Waals surface area (Å²) in [5.74, 6) is -0.309. The van der Waals surface area contributed by atoms with Gasteiger partial charge in [0.15, 0.2) is 6.20 Å². The lowest BCUT2D eigenvalue weighted by atomic mass is 10.3. The summed E-state index contributed by atoms with van der Waals surface area (Å²) in [5, 5.41) is 13.3. The molecule has 0 aromatic carbocycles. The van der Waals surface area contributed by atoms with Crippen LogP contribution in [0.1, 0.15) is 10.4 Å². The molecule has 1 aromatic heterocycles. The van der Waals surface area contributed by atoms with Gasteiger partial charge in [0, 0.05) is 13.1 Å². The third kappa shape index (κ3) is 1.65. The molecule has 0 aliphatic carbocycles. The molecule has 0 aliphatic rings. The number of hydrogen-bond donors (Lipinski definition) is 1. The first-order valence-corrected chi connectivity index (χ1v) is 3.63. The highest BCUT2D eigenvalue weighted by molar-refractivity contribution is 6.28. The van der Waals surface area contributed by atoms with Gasteiger partial charge in [0.05, 0.1) is 0 Å². The van der Waals surface area contributed by atoms with Crippen molar-refractivity contribution in [3.8, 4) is 0 Å². The number of hydrogen-bond acceptors (Lipinski definition) is 2. The maximum atomic E-state index is 11.0. The molecule has 0 saturated heterocycles. The highest BCUT2D eigenvalue weighted by atomic mass is 35.5. The molecule has 0 spiro atoms. The average Bonchev–Trinajstić information content (AvgIpc) is 2.08. The second kappa shape index (κ2) is 3.40. The molecular formula is C7H7ClN2O2. The monoisotopic (exact) mass is 186 g/mol. The summed E-state index contributed by atoms with van der Waals surface area (Å²) in [6.45, 7) is 0. The Balaban J connectivity index is 3.05. The van der Waals surface area contributed by atoms with Gasteiger partial charge in [-0.3, -0.25) is 4.79 Å². The van der Waals surface area contributed by atoms with Crippen LogP contribution in [0.15, 0.2) is 18.3 Å². The maximum absolute atomic E-state index is 11.0. The van der Waals surface area contributed by atoms with Crippen molar-refractivity contribution in [2.24, 2.45) is 0 Å². The van der Waals surface area contributed by atoms with Crippen molar-refractivity contribution >= 4 is 17.5 Å². The van der Waals surface area contributed by atoms with Gasteiger partial charge in [-0.05, 0) is 17.7 Å². The van der Waals surface area contributed by atoms with Crippen LogP contribution in [-0.4, -0.2) is 13.0 Å². The predicted octanol–water partition coefficient (Wildman–Crippen LogP) is 0.333. The van der Waals surface area contributed by atoms with Gasteiger partial charge in [0.1, 0.15) is 5.56 Å². The lowest BCUT2D eigenvalue weighted by Crippen LogP contribution is -2.30. The Morgan fingerprint density at radius 2 is 2.33 bits per heavy atom. The van der Waals surface area contributed by atoms with Crippen molar-refractivity contribution < 1.29 is 9.52 Å². The second-order valence-electron chi connectivity index (χ2n) is 2.15. The van der Waals surface area contributed by atoms with Crippen LogP contribution in [0.4, 0.5) is 0 Å². The lowest BCUT2D eigenvalue weighted by Gasteiger charge is -2.00. The Hall–Kier alpha value is -1.29. The van der Waals surface area contributed by atoms with Crippen LogP contribution in [-0.2, 0) is 0 Å². The summed E-state index contributed by atoms with van der Waals surface area (Å²) in [6.07, 6.45) is 1.13. The van der Waals surface area contributed by atoms with E-state index in [2.05, 4.69) is 5.32 Å². The van der Waals surface area contributed by atoms with Gasteiger partial charge in [0.25, 0.3) is 11.1 Å². The maximum Gasteiger partial charge on any atom is 0.286 e. The SMILES string of the molecule is CNC(=O)c1ccc(Cl)[n+]([O-])c1. The van der Waals surface area contributed by atoms with Crippen molar-refractivity contribution in [2.75, 3.05) is 7.05 Å². The van der Waals surface area contributed by atoms with E-state index in [0.29, 0.717) is 4.73 Å². The third-order valence-corrected chi connectivity index (χ3v) is 1.65. The first-order valence-electron chi connectivity index (χ1n) is 3.26. The lowest BCUT2D eigenvalue weighted by molar-refractivity contribution is -0.603. The van der Waals surface area contributed by atoms with E-state index < -0.39 is 0 Å². The Morgan fingerprint density at radius 1 is 1.67 bits per heavy atom. The van der Waals surface area contributed by atoms with Crippen LogP contribution in [0.5, 0.6) is 0 Å². The van der Waals surface area contributed by atoms with E-state index in [4.69, 9.17) is 11.6 Å². The minimum atomic E-state index is -0.309. The topological polar surface area (TPSA) is 56.0 Å². The normalized spacial score (nSPS) is 9.50. The summed E-state index contributed by atoms with van der Waals surface area (Å²) in [7, 11) is 1.49. The van der Waals surface area contributed by atoms with E-state index in [9.17, 15) is 10.0 Å². The molecule has 1 heterocycles. The van der Waals surface area contributed by atoms with Crippen molar-refractivity contribution in [3.63, 3.8) is 0 Å². The highest BCUT2D eigenvalue weighted by Crippen LogP contribution is 2.02. The zero-order chi connectivity index (χ0) is 9.14. The fraction of sp³-hybridized carbons (Fsp3) is 0.143. The predicted molar refractivity (Wildman–Crippen MR) is 43.8 cm³/mol. The molecule has 0 unspecified atom stereocenters. The molecule has 1 aromatic rings. The van der Waals surface area contributed by atoms with Gasteiger partial charge >= 0.3 is 0 Å². The van der Waals surface area contributed by atoms with Crippen molar-refractivity contribution in [3.05, 3.63) is 34.3 Å². The summed E-state index contributed by atoms with van der Waals surface area (Å²) in [6, 6.07) is 2.86. The summed E-state index contributed by atoms with van der Waals surface area (Å²) < 4.78 is 0.437. The Morgan fingerprint density at radius 3 is 2.83 bits per heavy atom. The van der Waals surface area contributed by atoms with Crippen molar-refractivity contribution in [1.82, 2.24) is 5.32 Å². The molecular weight excluding hydrogens is 180 g/mol. The molecule has 0 bridgehead atoms. The number of carbonyl (C=O) groups is 1. The van der Waals surface area contributed by atoms with E-state index in [0.717, 1.165) is 6.20 Å². The largest absolute Gasteiger partial charge is 0.618 e. The number of nitrogens with zero attached hydrogens (tertiary/aromatic N) is 1. The molecule has 0 saturated carbocycles. The average molecular weight is 187 g/mol. The first-order chi connectivity index (χ1) is 5.65. The molecule has 1 N–H and O–H groups in total. The zero-order valence-corrected chi connectivity index (χ0v) is 7.13. The highest BCUT2D eigenvalue weighted by Gasteiger charge is 2.08. The molecule has 4 nitrogen and oxygen atoms in total. The van der Waals surface area contributed by atoms with Crippen LogP contribution in [0, 0.1) is 5.21 Å². The molecule has 1 amide bonds. The smallest absolute Gasteiger partial charge is 0.286 e. The Labute approximate surface area is 74.4 Å². The molecule has 1 rings (SSSR count). The van der Waals surface area contributed by atoms with Crippen LogP contribution >= 0.6 is 11.6 Å². The van der Waals surface area contributed by atoms with Gasteiger partial charge in [-0.15, -0.1) is 0 Å². The number of halogens is 1. The van der Waals surface area contributed by atoms with Crippen LogP contribution in [0.2, 0.25) is 5.15 Å². The second-order valence-corrected chi connectivity index (χ2v) is 2.53. The minimum Gasteiger partial charge on any atom is -0.618 e. The molecule has 0 fully saturated rings. The number of nitrogens with one attached hydrogen (secondary N) is 1. The standard InChI is InChI=1S/C7H7ClN2O2/c1-9-7(11)5-2-3-6(8)10(12)4-5/h2-4H,1H3,(H,9,11). The van der Waals surface area contributed by atoms with Crippen molar-refractivity contribution in [1.29, 1.82) is 0 Å². The minimum absolute atomic E-state index is 0.0441. The fourth-order valence-corrected chi connectivity index (χ4v) is 0.853. The number of pyridine rings is 1. The Kier molecular flexibility index (Phi) is 2.50. The van der Waals surface area contributed by atoms with Crippen LogP contribution < -0.4 is 10.0 Å². The number of rotatable bonds is 1. The van der Waals surface area contributed by atoms with E-state index in [1.165, 1.54) is 19.2 Å². The Bertz CT molecular complexity index is 314. The first kappa shape index (κ1) is 8.80.